The van der Waals surface area contributed by atoms with Crippen LogP contribution in [0.15, 0.2) is 18.2 Å². The number of nitrogens with one attached hydrogen (secondary N) is 1. The summed E-state index contributed by atoms with van der Waals surface area (Å²) in [5.74, 6) is 0.153. The molecule has 0 aliphatic rings. The van der Waals surface area contributed by atoms with Crippen LogP contribution in [0.4, 0.5) is 10.8 Å². The van der Waals surface area contributed by atoms with Gasteiger partial charge in [0.1, 0.15) is 0 Å². The Balaban J connectivity index is 2.08. The Hall–Kier alpha value is -1.62. The number of benzene rings is 1. The van der Waals surface area contributed by atoms with Crippen molar-refractivity contribution in [3.63, 3.8) is 0 Å². The zero-order chi connectivity index (χ0) is 14.5. The Morgan fingerprint density at radius 2 is 2.25 bits per heavy atom. The fourth-order valence-electron chi connectivity index (χ4n) is 2.17. The van der Waals surface area contributed by atoms with Crippen LogP contribution in [0.25, 0.3) is 10.2 Å². The molecule has 1 aromatic carbocycles. The summed E-state index contributed by atoms with van der Waals surface area (Å²) in [6.07, 6.45) is 4.01. The molecule has 108 valence electrons. The van der Waals surface area contributed by atoms with Gasteiger partial charge in [-0.2, -0.15) is 0 Å². The van der Waals surface area contributed by atoms with Crippen molar-refractivity contribution in [2.75, 3.05) is 11.1 Å². The van der Waals surface area contributed by atoms with Gasteiger partial charge in [0, 0.05) is 11.6 Å². The summed E-state index contributed by atoms with van der Waals surface area (Å²) >= 11 is 1.47. The summed E-state index contributed by atoms with van der Waals surface area (Å²) in [5, 5.41) is 3.60. The lowest BCUT2D eigenvalue weighted by molar-refractivity contribution is -0.120. The highest BCUT2D eigenvalue weighted by Gasteiger charge is 2.17. The molecule has 0 saturated carbocycles. The maximum absolute atomic E-state index is 12.2. The number of anilines is 2. The van der Waals surface area contributed by atoms with E-state index in [1.807, 2.05) is 18.2 Å². The van der Waals surface area contributed by atoms with Crippen molar-refractivity contribution in [1.29, 1.82) is 0 Å². The first-order chi connectivity index (χ1) is 9.63. The number of amides is 1. The van der Waals surface area contributed by atoms with Crippen LogP contribution < -0.4 is 11.1 Å². The van der Waals surface area contributed by atoms with Gasteiger partial charge in [0.25, 0.3) is 0 Å². The third-order valence-corrected chi connectivity index (χ3v) is 4.35. The van der Waals surface area contributed by atoms with Gasteiger partial charge in [0.2, 0.25) is 5.91 Å². The maximum Gasteiger partial charge on any atom is 0.229 e. The predicted molar refractivity (Wildman–Crippen MR) is 86.0 cm³/mol. The number of thiazole rings is 1. The topological polar surface area (TPSA) is 68.0 Å². The van der Waals surface area contributed by atoms with E-state index in [-0.39, 0.29) is 11.8 Å². The van der Waals surface area contributed by atoms with Crippen LogP contribution in [0.5, 0.6) is 0 Å². The van der Waals surface area contributed by atoms with E-state index in [1.54, 1.807) is 0 Å². The Morgan fingerprint density at radius 1 is 1.45 bits per heavy atom. The lowest BCUT2D eigenvalue weighted by Crippen LogP contribution is -2.22. The highest BCUT2D eigenvalue weighted by molar-refractivity contribution is 7.22. The Morgan fingerprint density at radius 3 is 2.95 bits per heavy atom. The van der Waals surface area contributed by atoms with E-state index >= 15 is 0 Å². The second-order valence-corrected chi connectivity index (χ2v) is 6.01. The minimum absolute atomic E-state index is 0.0760. The molecule has 3 N–H and O–H groups in total. The molecular formula is C15H21N3OS. The molecule has 1 aromatic heterocycles. The van der Waals surface area contributed by atoms with Gasteiger partial charge in [-0.15, -0.1) is 0 Å². The number of unbranched alkanes of at least 4 members (excludes halogenated alkanes) is 1. The first-order valence-electron chi connectivity index (χ1n) is 7.11. The minimum Gasteiger partial charge on any atom is -0.399 e. The monoisotopic (exact) mass is 291 g/mol. The van der Waals surface area contributed by atoms with Gasteiger partial charge in [-0.25, -0.2) is 4.98 Å². The number of aromatic nitrogens is 1. The first-order valence-corrected chi connectivity index (χ1v) is 7.92. The summed E-state index contributed by atoms with van der Waals surface area (Å²) in [4.78, 5) is 16.6. The summed E-state index contributed by atoms with van der Waals surface area (Å²) in [7, 11) is 0. The standard InChI is InChI=1S/C15H21N3OS/c1-3-5-6-10(4-2)14(19)18-15-17-12-8-7-11(16)9-13(12)20-15/h7-10H,3-6,16H2,1-2H3,(H,17,18,19). The molecule has 1 atom stereocenters. The number of hydrogen-bond donors (Lipinski definition) is 2. The molecule has 2 aromatic rings. The van der Waals surface area contributed by atoms with E-state index in [2.05, 4.69) is 24.1 Å². The number of nitrogens with zero attached hydrogens (tertiary/aromatic N) is 1. The van der Waals surface area contributed by atoms with Crippen molar-refractivity contribution in [2.24, 2.45) is 5.92 Å². The highest BCUT2D eigenvalue weighted by atomic mass is 32.1. The maximum atomic E-state index is 12.2. The average molecular weight is 291 g/mol. The predicted octanol–water partition coefficient (Wildman–Crippen LogP) is 4.03. The molecule has 0 fully saturated rings. The molecule has 1 heterocycles. The summed E-state index contributed by atoms with van der Waals surface area (Å²) in [6.45, 7) is 4.20. The number of nitrogen functional groups attached to an aromatic ring is 1. The number of carbonyl (C=O) groups is 1. The smallest absolute Gasteiger partial charge is 0.229 e. The second-order valence-electron chi connectivity index (χ2n) is 4.98. The Bertz CT molecular complexity index is 594. The Kier molecular flexibility index (Phi) is 4.95. The van der Waals surface area contributed by atoms with Gasteiger partial charge in [-0.3, -0.25) is 4.79 Å². The molecule has 0 spiro atoms. The molecular weight excluding hydrogens is 270 g/mol. The molecule has 0 aliphatic heterocycles. The highest BCUT2D eigenvalue weighted by Crippen LogP contribution is 2.28. The fourth-order valence-corrected chi connectivity index (χ4v) is 3.09. The molecule has 0 saturated heterocycles. The number of carbonyl (C=O) groups excluding carboxylic acids is 1. The molecule has 0 radical (unpaired) electrons. The minimum atomic E-state index is 0.0760. The van der Waals surface area contributed by atoms with E-state index in [0.717, 1.165) is 35.9 Å². The number of rotatable bonds is 6. The molecule has 1 unspecified atom stereocenters. The SMILES string of the molecule is CCCCC(CC)C(=O)Nc1nc2ccc(N)cc2s1. The van der Waals surface area contributed by atoms with Crippen molar-refractivity contribution in [2.45, 2.75) is 39.5 Å². The summed E-state index contributed by atoms with van der Waals surface area (Å²) < 4.78 is 1.00. The molecule has 20 heavy (non-hydrogen) atoms. The van der Waals surface area contributed by atoms with Crippen molar-refractivity contribution in [3.05, 3.63) is 18.2 Å². The molecule has 2 rings (SSSR count). The van der Waals surface area contributed by atoms with Crippen LogP contribution in [0.3, 0.4) is 0 Å². The number of fused-ring (bicyclic) bond motifs is 1. The van der Waals surface area contributed by atoms with Crippen LogP contribution in [0, 0.1) is 5.92 Å². The lowest BCUT2D eigenvalue weighted by Gasteiger charge is -2.12. The van der Waals surface area contributed by atoms with Crippen LogP contribution in [-0.4, -0.2) is 10.9 Å². The summed E-state index contributed by atoms with van der Waals surface area (Å²) in [5.41, 5.74) is 7.34. The largest absolute Gasteiger partial charge is 0.399 e. The van der Waals surface area contributed by atoms with E-state index in [0.29, 0.717) is 10.8 Å². The third-order valence-electron chi connectivity index (χ3n) is 3.41. The van der Waals surface area contributed by atoms with E-state index in [1.165, 1.54) is 11.3 Å². The van der Waals surface area contributed by atoms with Crippen molar-refractivity contribution >= 4 is 38.3 Å². The molecule has 0 aliphatic carbocycles. The van der Waals surface area contributed by atoms with E-state index < -0.39 is 0 Å². The van der Waals surface area contributed by atoms with Crippen LogP contribution in [0.2, 0.25) is 0 Å². The quantitative estimate of drug-likeness (QED) is 0.789. The normalized spacial score (nSPS) is 12.5. The summed E-state index contributed by atoms with van der Waals surface area (Å²) in [6, 6.07) is 5.59. The van der Waals surface area contributed by atoms with Crippen molar-refractivity contribution < 1.29 is 4.79 Å². The van der Waals surface area contributed by atoms with Gasteiger partial charge in [-0.05, 0) is 31.0 Å². The van der Waals surface area contributed by atoms with E-state index in [4.69, 9.17) is 5.73 Å². The second kappa shape index (κ2) is 6.70. The fraction of sp³-hybridized carbons (Fsp3) is 0.467. The van der Waals surface area contributed by atoms with Gasteiger partial charge < -0.3 is 11.1 Å². The van der Waals surface area contributed by atoms with Crippen LogP contribution in [-0.2, 0) is 4.79 Å². The number of hydrogen-bond acceptors (Lipinski definition) is 4. The molecule has 5 heteroatoms. The van der Waals surface area contributed by atoms with Crippen molar-refractivity contribution in [1.82, 2.24) is 4.98 Å². The average Bonchev–Trinajstić information content (AvgIpc) is 2.80. The van der Waals surface area contributed by atoms with E-state index in [9.17, 15) is 4.79 Å². The zero-order valence-electron chi connectivity index (χ0n) is 12.0. The zero-order valence-corrected chi connectivity index (χ0v) is 12.8. The molecule has 0 bridgehead atoms. The van der Waals surface area contributed by atoms with Gasteiger partial charge in [0.05, 0.1) is 10.2 Å². The molecule has 1 amide bonds. The molecule has 4 nitrogen and oxygen atoms in total. The van der Waals surface area contributed by atoms with Crippen LogP contribution >= 0.6 is 11.3 Å². The third kappa shape index (κ3) is 3.48. The Labute approximate surface area is 123 Å². The number of nitrogens with two attached hydrogens (primary N) is 1. The van der Waals surface area contributed by atoms with Crippen molar-refractivity contribution in [3.8, 4) is 0 Å². The van der Waals surface area contributed by atoms with Gasteiger partial charge in [-0.1, -0.05) is 38.0 Å². The van der Waals surface area contributed by atoms with Gasteiger partial charge >= 0.3 is 0 Å². The first kappa shape index (κ1) is 14.8. The lowest BCUT2D eigenvalue weighted by atomic mass is 9.99. The van der Waals surface area contributed by atoms with Gasteiger partial charge in [0.15, 0.2) is 5.13 Å². The van der Waals surface area contributed by atoms with Crippen LogP contribution in [0.1, 0.15) is 39.5 Å².